The minimum Gasteiger partial charge on any atom is -0.491 e. The number of nitrogens with one attached hydrogen (secondary N) is 1. The molecule has 1 atom stereocenters. The van der Waals surface area contributed by atoms with Gasteiger partial charge < -0.3 is 14.8 Å². The van der Waals surface area contributed by atoms with Crippen LogP contribution in [-0.2, 0) is 11.2 Å². The molecule has 3 heterocycles. The number of benzene rings is 1. The van der Waals surface area contributed by atoms with Gasteiger partial charge in [0.25, 0.3) is 5.91 Å². The second-order valence-corrected chi connectivity index (χ2v) is 5.92. The van der Waals surface area contributed by atoms with E-state index in [1.807, 2.05) is 22.9 Å². The van der Waals surface area contributed by atoms with E-state index in [1.165, 1.54) is 0 Å². The van der Waals surface area contributed by atoms with Gasteiger partial charge in [-0.1, -0.05) is 0 Å². The predicted molar refractivity (Wildman–Crippen MR) is 84.1 cm³/mol. The summed E-state index contributed by atoms with van der Waals surface area (Å²) in [7, 11) is 0. The van der Waals surface area contributed by atoms with E-state index in [2.05, 4.69) is 10.3 Å². The molecule has 0 aliphatic carbocycles. The fourth-order valence-corrected chi connectivity index (χ4v) is 3.08. The maximum atomic E-state index is 12.5. The molecule has 1 saturated heterocycles. The largest absolute Gasteiger partial charge is 0.491 e. The average molecular weight is 313 g/mol. The van der Waals surface area contributed by atoms with Crippen LogP contribution in [0.1, 0.15) is 28.9 Å². The highest BCUT2D eigenvalue weighted by Crippen LogP contribution is 2.28. The van der Waals surface area contributed by atoms with Gasteiger partial charge in [-0.3, -0.25) is 9.36 Å². The lowest BCUT2D eigenvalue weighted by atomic mass is 10.1. The number of hydrogen-bond acceptors (Lipinski definition) is 4. The smallest absolute Gasteiger partial charge is 0.251 e. The van der Waals surface area contributed by atoms with Gasteiger partial charge in [0.15, 0.2) is 0 Å². The molecule has 1 N–H and O–H groups in total. The van der Waals surface area contributed by atoms with Crippen molar-refractivity contribution in [1.82, 2.24) is 14.9 Å². The number of amides is 1. The van der Waals surface area contributed by atoms with Gasteiger partial charge in [0.05, 0.1) is 31.3 Å². The number of fused-ring (bicyclic) bond motifs is 3. The molecule has 2 aliphatic rings. The van der Waals surface area contributed by atoms with E-state index < -0.39 is 0 Å². The van der Waals surface area contributed by atoms with Gasteiger partial charge in [-0.15, -0.1) is 0 Å². The summed E-state index contributed by atoms with van der Waals surface area (Å²) in [6.07, 6.45) is 6.35. The maximum absolute atomic E-state index is 12.5. The third-order valence-electron chi connectivity index (χ3n) is 4.31. The van der Waals surface area contributed by atoms with Gasteiger partial charge in [0.1, 0.15) is 5.75 Å². The van der Waals surface area contributed by atoms with E-state index in [9.17, 15) is 4.79 Å². The van der Waals surface area contributed by atoms with Gasteiger partial charge in [0.2, 0.25) is 0 Å². The highest BCUT2D eigenvalue weighted by atomic mass is 16.5. The number of nitrogens with zero attached hydrogens (tertiary/aromatic N) is 2. The number of hydrogen-bond donors (Lipinski definition) is 1. The van der Waals surface area contributed by atoms with Crippen LogP contribution in [0.4, 0.5) is 0 Å². The number of carbonyl (C=O) groups is 1. The molecular formula is C17H19N3O3. The molecule has 0 unspecified atom stereocenters. The highest BCUT2D eigenvalue weighted by molar-refractivity contribution is 5.95. The third kappa shape index (κ3) is 2.82. The molecule has 1 aromatic carbocycles. The Morgan fingerprint density at radius 1 is 1.35 bits per heavy atom. The second kappa shape index (κ2) is 6.04. The van der Waals surface area contributed by atoms with E-state index in [0.29, 0.717) is 18.8 Å². The van der Waals surface area contributed by atoms with Crippen molar-refractivity contribution in [1.29, 1.82) is 0 Å². The fraction of sp³-hybridized carbons (Fsp3) is 0.412. The number of imidazole rings is 1. The molecule has 2 aromatic rings. The van der Waals surface area contributed by atoms with Gasteiger partial charge in [-0.25, -0.2) is 4.98 Å². The van der Waals surface area contributed by atoms with Crippen LogP contribution in [0.3, 0.4) is 0 Å². The lowest BCUT2D eigenvalue weighted by Crippen LogP contribution is -2.40. The van der Waals surface area contributed by atoms with Crippen molar-refractivity contribution in [3.63, 3.8) is 0 Å². The molecule has 4 rings (SSSR count). The van der Waals surface area contributed by atoms with E-state index >= 15 is 0 Å². The summed E-state index contributed by atoms with van der Waals surface area (Å²) in [6.45, 7) is 1.99. The van der Waals surface area contributed by atoms with Crippen LogP contribution in [0, 0.1) is 0 Å². The summed E-state index contributed by atoms with van der Waals surface area (Å²) in [5.41, 5.74) is 2.57. The van der Waals surface area contributed by atoms with E-state index in [-0.39, 0.29) is 11.9 Å². The standard InChI is InChI=1S/C17H19N3O3/c21-17(19-13-2-1-6-22-10-13)12-3-4-16-15(8-12)20-11-18-9-14(20)5-7-23-16/h3-4,8-9,11,13H,1-2,5-7,10H2,(H,19,21)/t13-/m1/s1. The van der Waals surface area contributed by atoms with E-state index in [1.54, 1.807) is 12.4 Å². The van der Waals surface area contributed by atoms with Crippen LogP contribution in [-0.4, -0.2) is 41.3 Å². The summed E-state index contributed by atoms with van der Waals surface area (Å²) < 4.78 is 13.2. The van der Waals surface area contributed by atoms with Crippen molar-refractivity contribution < 1.29 is 14.3 Å². The van der Waals surface area contributed by atoms with Crippen molar-refractivity contribution in [2.75, 3.05) is 19.8 Å². The van der Waals surface area contributed by atoms with Crippen molar-refractivity contribution >= 4 is 5.91 Å². The van der Waals surface area contributed by atoms with Crippen LogP contribution < -0.4 is 10.1 Å². The normalized spacial score (nSPS) is 19.9. The van der Waals surface area contributed by atoms with Gasteiger partial charge >= 0.3 is 0 Å². The summed E-state index contributed by atoms with van der Waals surface area (Å²) in [5, 5.41) is 3.05. The predicted octanol–water partition coefficient (Wildman–Crippen LogP) is 1.72. The second-order valence-electron chi connectivity index (χ2n) is 5.92. The lowest BCUT2D eigenvalue weighted by molar-refractivity contribution is 0.0624. The Bertz CT molecular complexity index is 720. The molecular weight excluding hydrogens is 294 g/mol. The highest BCUT2D eigenvalue weighted by Gasteiger charge is 2.20. The number of aromatic nitrogens is 2. The number of rotatable bonds is 2. The molecule has 0 saturated carbocycles. The Hall–Kier alpha value is -2.34. The van der Waals surface area contributed by atoms with Crippen LogP contribution in [0.5, 0.6) is 5.75 Å². The van der Waals surface area contributed by atoms with E-state index in [0.717, 1.165) is 43.0 Å². The summed E-state index contributed by atoms with van der Waals surface area (Å²) in [4.78, 5) is 16.7. The molecule has 0 spiro atoms. The first kappa shape index (κ1) is 14.3. The molecule has 2 aliphatic heterocycles. The molecule has 23 heavy (non-hydrogen) atoms. The van der Waals surface area contributed by atoms with Crippen LogP contribution in [0.2, 0.25) is 0 Å². The lowest BCUT2D eigenvalue weighted by Gasteiger charge is -2.23. The Morgan fingerprint density at radius 3 is 3.17 bits per heavy atom. The molecule has 6 nitrogen and oxygen atoms in total. The monoisotopic (exact) mass is 313 g/mol. The Labute approximate surface area is 134 Å². The topological polar surface area (TPSA) is 65.4 Å². The van der Waals surface area contributed by atoms with Crippen molar-refractivity contribution in [2.24, 2.45) is 0 Å². The first-order valence-corrected chi connectivity index (χ1v) is 7.98. The summed E-state index contributed by atoms with van der Waals surface area (Å²) in [5.74, 6) is 0.702. The van der Waals surface area contributed by atoms with Gasteiger partial charge in [-0.2, -0.15) is 0 Å². The Morgan fingerprint density at radius 2 is 2.30 bits per heavy atom. The van der Waals surface area contributed by atoms with Crippen LogP contribution in [0.15, 0.2) is 30.7 Å². The van der Waals surface area contributed by atoms with Crippen molar-refractivity contribution in [3.8, 4) is 11.4 Å². The first-order chi connectivity index (χ1) is 11.3. The molecule has 6 heteroatoms. The third-order valence-corrected chi connectivity index (χ3v) is 4.31. The molecule has 1 amide bonds. The average Bonchev–Trinajstić information content (AvgIpc) is 2.97. The number of ether oxygens (including phenoxy) is 2. The molecule has 0 bridgehead atoms. The van der Waals surface area contributed by atoms with E-state index in [4.69, 9.17) is 9.47 Å². The Kier molecular flexibility index (Phi) is 3.75. The first-order valence-electron chi connectivity index (χ1n) is 7.98. The molecule has 120 valence electrons. The zero-order chi connectivity index (χ0) is 15.6. The molecule has 1 fully saturated rings. The van der Waals surface area contributed by atoms with Crippen LogP contribution in [0.25, 0.3) is 5.69 Å². The van der Waals surface area contributed by atoms with Crippen molar-refractivity contribution in [3.05, 3.63) is 42.0 Å². The number of carbonyl (C=O) groups excluding carboxylic acids is 1. The maximum Gasteiger partial charge on any atom is 0.251 e. The zero-order valence-electron chi connectivity index (χ0n) is 12.8. The summed E-state index contributed by atoms with van der Waals surface area (Å²) >= 11 is 0. The Balaban J connectivity index is 1.61. The summed E-state index contributed by atoms with van der Waals surface area (Å²) in [6, 6.07) is 5.62. The van der Waals surface area contributed by atoms with Crippen LogP contribution >= 0.6 is 0 Å². The van der Waals surface area contributed by atoms with Gasteiger partial charge in [0, 0.05) is 30.5 Å². The zero-order valence-corrected chi connectivity index (χ0v) is 12.8. The molecule has 0 radical (unpaired) electrons. The molecule has 1 aromatic heterocycles. The van der Waals surface area contributed by atoms with Gasteiger partial charge in [-0.05, 0) is 31.0 Å². The minimum atomic E-state index is -0.0748. The SMILES string of the molecule is O=C(N[C@@H]1CCCOC1)c1ccc2c(c1)-n1cncc1CCO2. The minimum absolute atomic E-state index is 0.0748. The fourth-order valence-electron chi connectivity index (χ4n) is 3.08. The quantitative estimate of drug-likeness (QED) is 0.917. The van der Waals surface area contributed by atoms with Crippen molar-refractivity contribution in [2.45, 2.75) is 25.3 Å².